The van der Waals surface area contributed by atoms with Gasteiger partial charge in [-0.2, -0.15) is 0 Å². The van der Waals surface area contributed by atoms with E-state index in [0.717, 1.165) is 6.26 Å². The lowest BCUT2D eigenvalue weighted by atomic mass is 10.0. The number of hydrogen-bond donors (Lipinski definition) is 3. The lowest BCUT2D eigenvalue weighted by molar-refractivity contribution is -0.141. The van der Waals surface area contributed by atoms with Gasteiger partial charge in [0.2, 0.25) is 0 Å². The van der Waals surface area contributed by atoms with Crippen LogP contribution in [0.3, 0.4) is 0 Å². The molecule has 6 nitrogen and oxygen atoms in total. The first kappa shape index (κ1) is 13.6. The van der Waals surface area contributed by atoms with E-state index in [1.54, 1.807) is 0 Å². The fourth-order valence-electron chi connectivity index (χ4n) is 1.25. The Morgan fingerprint density at radius 3 is 2.12 bits per heavy atom. The van der Waals surface area contributed by atoms with Crippen LogP contribution in [0.4, 0.5) is 0 Å². The number of hydrogen-bond acceptors (Lipinski definition) is 5. The number of carboxylic acids is 1. The zero-order valence-corrected chi connectivity index (χ0v) is 9.89. The third kappa shape index (κ3) is 3.26. The van der Waals surface area contributed by atoms with Crippen LogP contribution in [0, 0.1) is 0 Å². The predicted octanol–water partition coefficient (Wildman–Crippen LogP) is -0.465. The molecule has 0 unspecified atom stereocenters. The highest BCUT2D eigenvalue weighted by atomic mass is 32.2. The summed E-state index contributed by atoms with van der Waals surface area (Å²) in [6, 6.07) is 3.82. The largest absolute Gasteiger partial charge is 0.480 e. The molecule has 0 bridgehead atoms. The summed E-state index contributed by atoms with van der Waals surface area (Å²) in [5, 5.41) is 18.2. The van der Waals surface area contributed by atoms with Crippen LogP contribution in [-0.2, 0) is 14.6 Å². The van der Waals surface area contributed by atoms with Crippen LogP contribution in [0.15, 0.2) is 29.2 Å². The van der Waals surface area contributed by atoms with Gasteiger partial charge in [0.25, 0.3) is 0 Å². The first-order valence-electron chi connectivity index (χ1n) is 4.70. The van der Waals surface area contributed by atoms with E-state index in [1.807, 2.05) is 0 Å². The third-order valence-corrected chi connectivity index (χ3v) is 3.40. The van der Waals surface area contributed by atoms with Gasteiger partial charge in [-0.15, -0.1) is 0 Å². The topological polar surface area (TPSA) is 118 Å². The van der Waals surface area contributed by atoms with Crippen molar-refractivity contribution < 1.29 is 23.4 Å². The van der Waals surface area contributed by atoms with Gasteiger partial charge in [0, 0.05) is 6.26 Å². The Balaban J connectivity index is 2.99. The Labute approximate surface area is 98.6 Å². The Hall–Kier alpha value is -1.44. The Morgan fingerprint density at radius 1 is 1.29 bits per heavy atom. The summed E-state index contributed by atoms with van der Waals surface area (Å²) in [5.41, 5.74) is 5.50. The van der Waals surface area contributed by atoms with Crippen molar-refractivity contribution in [1.29, 1.82) is 0 Å². The molecule has 0 heterocycles. The smallest absolute Gasteiger partial charge is 0.323 e. The fourth-order valence-corrected chi connectivity index (χ4v) is 1.89. The molecule has 0 saturated carbocycles. The summed E-state index contributed by atoms with van der Waals surface area (Å²) < 4.78 is 22.3. The average Bonchev–Trinajstić information content (AvgIpc) is 2.26. The van der Waals surface area contributed by atoms with E-state index in [1.165, 1.54) is 24.3 Å². The van der Waals surface area contributed by atoms with Crippen molar-refractivity contribution in [3.63, 3.8) is 0 Å². The van der Waals surface area contributed by atoms with Crippen molar-refractivity contribution in [2.24, 2.45) is 5.73 Å². The van der Waals surface area contributed by atoms with E-state index >= 15 is 0 Å². The standard InChI is InChI=1S/C10H13NO5S/c1-17(15,16)7-4-2-6(3-5-7)9(12)8(11)10(13)14/h2-5,8-9,12H,11H2,1H3,(H,13,14)/t8-,9+/m0/s1. The van der Waals surface area contributed by atoms with Gasteiger partial charge in [-0.3, -0.25) is 4.79 Å². The number of carboxylic acid groups (broad SMARTS) is 1. The van der Waals surface area contributed by atoms with E-state index in [2.05, 4.69) is 0 Å². The monoisotopic (exact) mass is 259 g/mol. The molecule has 0 spiro atoms. The number of aliphatic hydroxyl groups is 1. The summed E-state index contributed by atoms with van der Waals surface area (Å²) in [7, 11) is -3.31. The number of benzene rings is 1. The summed E-state index contributed by atoms with van der Waals surface area (Å²) in [5.74, 6) is -1.33. The summed E-state index contributed by atoms with van der Waals surface area (Å²) in [6.45, 7) is 0. The molecular weight excluding hydrogens is 246 g/mol. The van der Waals surface area contributed by atoms with Crippen molar-refractivity contribution in [3.05, 3.63) is 29.8 Å². The maximum absolute atomic E-state index is 11.2. The zero-order valence-electron chi connectivity index (χ0n) is 9.07. The molecule has 1 aromatic carbocycles. The Bertz CT molecular complexity index is 508. The second-order valence-electron chi connectivity index (χ2n) is 3.65. The van der Waals surface area contributed by atoms with Gasteiger partial charge in [-0.05, 0) is 17.7 Å². The van der Waals surface area contributed by atoms with Gasteiger partial charge < -0.3 is 15.9 Å². The first-order chi connectivity index (χ1) is 7.73. The number of nitrogens with two attached hydrogens (primary N) is 1. The maximum Gasteiger partial charge on any atom is 0.323 e. The first-order valence-corrected chi connectivity index (χ1v) is 6.59. The molecule has 2 atom stereocenters. The second kappa shape index (κ2) is 4.82. The molecule has 0 fully saturated rings. The zero-order chi connectivity index (χ0) is 13.2. The minimum absolute atomic E-state index is 0.0948. The highest BCUT2D eigenvalue weighted by Crippen LogP contribution is 2.18. The van der Waals surface area contributed by atoms with Gasteiger partial charge in [-0.25, -0.2) is 8.42 Å². The number of rotatable bonds is 4. The molecular formula is C10H13NO5S. The van der Waals surface area contributed by atoms with E-state index in [0.29, 0.717) is 0 Å². The average molecular weight is 259 g/mol. The van der Waals surface area contributed by atoms with Crippen LogP contribution in [0.2, 0.25) is 0 Å². The molecule has 4 N–H and O–H groups in total. The minimum atomic E-state index is -3.31. The third-order valence-electron chi connectivity index (χ3n) is 2.28. The molecule has 1 rings (SSSR count). The molecule has 0 aromatic heterocycles. The SMILES string of the molecule is CS(=O)(=O)c1ccc([C@@H](O)[C@H](N)C(=O)O)cc1. The van der Waals surface area contributed by atoms with Gasteiger partial charge >= 0.3 is 5.97 Å². The van der Waals surface area contributed by atoms with Crippen molar-refractivity contribution >= 4 is 15.8 Å². The second-order valence-corrected chi connectivity index (χ2v) is 5.67. The minimum Gasteiger partial charge on any atom is -0.480 e. The van der Waals surface area contributed by atoms with Crippen LogP contribution >= 0.6 is 0 Å². The van der Waals surface area contributed by atoms with Crippen LogP contribution in [0.1, 0.15) is 11.7 Å². The van der Waals surface area contributed by atoms with E-state index in [4.69, 9.17) is 10.8 Å². The molecule has 17 heavy (non-hydrogen) atoms. The van der Waals surface area contributed by atoms with E-state index in [-0.39, 0.29) is 10.5 Å². The van der Waals surface area contributed by atoms with Crippen LogP contribution in [0.25, 0.3) is 0 Å². The van der Waals surface area contributed by atoms with Crippen molar-refractivity contribution in [1.82, 2.24) is 0 Å². The van der Waals surface area contributed by atoms with Gasteiger partial charge in [0.15, 0.2) is 9.84 Å². The predicted molar refractivity (Wildman–Crippen MR) is 60.1 cm³/mol. The molecule has 0 aliphatic rings. The lowest BCUT2D eigenvalue weighted by Crippen LogP contribution is -2.36. The van der Waals surface area contributed by atoms with Crippen LogP contribution < -0.4 is 5.73 Å². The fraction of sp³-hybridized carbons (Fsp3) is 0.300. The maximum atomic E-state index is 11.2. The number of aliphatic hydroxyl groups excluding tert-OH is 1. The molecule has 0 amide bonds. The highest BCUT2D eigenvalue weighted by Gasteiger charge is 2.23. The Kier molecular flexibility index (Phi) is 3.87. The number of aliphatic carboxylic acids is 1. The molecule has 0 saturated heterocycles. The van der Waals surface area contributed by atoms with E-state index < -0.39 is 28.0 Å². The molecule has 0 aliphatic carbocycles. The molecule has 94 valence electrons. The summed E-state index contributed by atoms with van der Waals surface area (Å²) in [4.78, 5) is 10.7. The van der Waals surface area contributed by atoms with Gasteiger partial charge in [0.1, 0.15) is 12.1 Å². The van der Waals surface area contributed by atoms with Crippen LogP contribution in [0.5, 0.6) is 0 Å². The van der Waals surface area contributed by atoms with Crippen LogP contribution in [-0.4, -0.2) is 36.9 Å². The van der Waals surface area contributed by atoms with Crippen molar-refractivity contribution in [3.8, 4) is 0 Å². The molecule has 0 aliphatic heterocycles. The number of carbonyl (C=O) groups is 1. The van der Waals surface area contributed by atoms with Gasteiger partial charge in [-0.1, -0.05) is 12.1 Å². The van der Waals surface area contributed by atoms with E-state index in [9.17, 15) is 18.3 Å². The summed E-state index contributed by atoms with van der Waals surface area (Å²) in [6.07, 6.45) is -0.317. The lowest BCUT2D eigenvalue weighted by Gasteiger charge is -2.15. The van der Waals surface area contributed by atoms with Crippen molar-refractivity contribution in [2.45, 2.75) is 17.0 Å². The molecule has 1 aromatic rings. The normalized spacial score (nSPS) is 15.2. The molecule has 0 radical (unpaired) electrons. The quantitative estimate of drug-likeness (QED) is 0.673. The number of sulfone groups is 1. The Morgan fingerprint density at radius 2 is 1.76 bits per heavy atom. The van der Waals surface area contributed by atoms with Gasteiger partial charge in [0.05, 0.1) is 4.90 Å². The summed E-state index contributed by atoms with van der Waals surface area (Å²) >= 11 is 0. The highest BCUT2D eigenvalue weighted by molar-refractivity contribution is 7.90. The van der Waals surface area contributed by atoms with Crippen molar-refractivity contribution in [2.75, 3.05) is 6.26 Å². The molecule has 7 heteroatoms.